The zero-order chi connectivity index (χ0) is 11.0. The number of aliphatic hydroxyl groups excluding tert-OH is 1. The number of amides is 1. The normalized spacial score (nSPS) is 16.3. The maximum Gasteiger partial charge on any atom is 0.274 e. The minimum atomic E-state index is -0.429. The van der Waals surface area contributed by atoms with E-state index in [-0.39, 0.29) is 16.6 Å². The Bertz CT molecular complexity index is 404. The van der Waals surface area contributed by atoms with Crippen molar-refractivity contribution in [3.63, 3.8) is 0 Å². The van der Waals surface area contributed by atoms with E-state index in [4.69, 9.17) is 22.4 Å². The average Bonchev–Trinajstić information content (AvgIpc) is 2.12. The second-order valence-corrected chi connectivity index (χ2v) is 3.87. The fourth-order valence-corrected chi connectivity index (χ4v) is 1.64. The lowest BCUT2D eigenvalue weighted by Crippen LogP contribution is -2.53. The molecule has 1 aliphatic rings. The zero-order valence-electron chi connectivity index (χ0n) is 7.85. The number of halogens is 1. The molecule has 5 nitrogen and oxygen atoms in total. The van der Waals surface area contributed by atoms with Gasteiger partial charge in [0.25, 0.3) is 5.91 Å². The van der Waals surface area contributed by atoms with Gasteiger partial charge in [0, 0.05) is 13.1 Å². The number of nitrogens with two attached hydrogens (primary N) is 1. The molecular formula is C9H10ClN3O2. The number of hydrogen-bond donors (Lipinski definition) is 2. The largest absolute Gasteiger partial charge is 0.397 e. The van der Waals surface area contributed by atoms with E-state index in [1.807, 2.05) is 0 Å². The summed E-state index contributed by atoms with van der Waals surface area (Å²) in [6.45, 7) is 0.669. The van der Waals surface area contributed by atoms with Crippen LogP contribution in [0.2, 0.25) is 5.02 Å². The molecule has 0 radical (unpaired) electrons. The van der Waals surface area contributed by atoms with Crippen LogP contribution in [0, 0.1) is 0 Å². The molecule has 1 amide bonds. The summed E-state index contributed by atoms with van der Waals surface area (Å²) in [4.78, 5) is 17.1. The molecular weight excluding hydrogens is 218 g/mol. The van der Waals surface area contributed by atoms with Crippen molar-refractivity contribution in [1.82, 2.24) is 9.88 Å². The van der Waals surface area contributed by atoms with Crippen molar-refractivity contribution in [2.24, 2.45) is 0 Å². The first-order valence-electron chi connectivity index (χ1n) is 4.46. The van der Waals surface area contributed by atoms with Crippen LogP contribution in [0.3, 0.4) is 0 Å². The molecule has 1 aliphatic heterocycles. The maximum absolute atomic E-state index is 11.7. The fraction of sp³-hybridized carbons (Fsp3) is 0.333. The number of nitrogens with zero attached hydrogens (tertiary/aromatic N) is 2. The lowest BCUT2D eigenvalue weighted by Gasteiger charge is -2.35. The lowest BCUT2D eigenvalue weighted by molar-refractivity contribution is 0.00552. The predicted octanol–water partition coefficient (Wildman–Crippen LogP) is 0.134. The van der Waals surface area contributed by atoms with Crippen LogP contribution in [0.4, 0.5) is 5.69 Å². The molecule has 0 atom stereocenters. The number of aliphatic hydroxyl groups is 1. The van der Waals surface area contributed by atoms with Gasteiger partial charge in [-0.05, 0) is 6.07 Å². The van der Waals surface area contributed by atoms with Crippen molar-refractivity contribution in [3.05, 3.63) is 23.0 Å². The Morgan fingerprint density at radius 1 is 1.67 bits per heavy atom. The predicted molar refractivity (Wildman–Crippen MR) is 55.6 cm³/mol. The summed E-state index contributed by atoms with van der Waals surface area (Å²) in [6, 6.07) is 1.48. The van der Waals surface area contributed by atoms with Crippen molar-refractivity contribution < 1.29 is 9.90 Å². The van der Waals surface area contributed by atoms with Crippen molar-refractivity contribution in [1.29, 1.82) is 0 Å². The van der Waals surface area contributed by atoms with Crippen LogP contribution >= 0.6 is 11.6 Å². The zero-order valence-corrected chi connectivity index (χ0v) is 8.61. The van der Waals surface area contributed by atoms with E-state index in [1.165, 1.54) is 17.2 Å². The third-order valence-corrected chi connectivity index (χ3v) is 2.50. The highest BCUT2D eigenvalue weighted by Crippen LogP contribution is 2.20. The van der Waals surface area contributed by atoms with Crippen LogP contribution in [0.25, 0.3) is 0 Å². The molecule has 1 fully saturated rings. The molecule has 0 aliphatic carbocycles. The number of likely N-dealkylation sites (tertiary alicyclic amines) is 1. The molecule has 0 spiro atoms. The molecule has 2 rings (SSSR count). The number of pyridine rings is 1. The van der Waals surface area contributed by atoms with Gasteiger partial charge >= 0.3 is 0 Å². The molecule has 1 saturated heterocycles. The van der Waals surface area contributed by atoms with E-state index in [2.05, 4.69) is 4.98 Å². The van der Waals surface area contributed by atoms with Gasteiger partial charge in [-0.2, -0.15) is 0 Å². The Balaban J connectivity index is 2.19. The summed E-state index contributed by atoms with van der Waals surface area (Å²) in [5.41, 5.74) is 6.06. The second kappa shape index (κ2) is 3.67. The van der Waals surface area contributed by atoms with E-state index < -0.39 is 6.10 Å². The van der Waals surface area contributed by atoms with E-state index in [1.54, 1.807) is 0 Å². The van der Waals surface area contributed by atoms with Gasteiger partial charge in [0.1, 0.15) is 5.69 Å². The van der Waals surface area contributed by atoms with Gasteiger partial charge in [-0.3, -0.25) is 4.79 Å². The number of carbonyl (C=O) groups excluding carboxylic acids is 1. The highest BCUT2D eigenvalue weighted by Gasteiger charge is 2.31. The van der Waals surface area contributed by atoms with Crippen molar-refractivity contribution in [3.8, 4) is 0 Å². The number of hydrogen-bond acceptors (Lipinski definition) is 4. The van der Waals surface area contributed by atoms with Gasteiger partial charge in [0.05, 0.1) is 23.0 Å². The summed E-state index contributed by atoms with van der Waals surface area (Å²) in [7, 11) is 0. The Labute approximate surface area is 91.5 Å². The summed E-state index contributed by atoms with van der Waals surface area (Å²) in [6.07, 6.45) is 0.955. The maximum atomic E-state index is 11.7. The first-order valence-corrected chi connectivity index (χ1v) is 4.84. The topological polar surface area (TPSA) is 79.5 Å². The summed E-state index contributed by atoms with van der Waals surface area (Å²) < 4.78 is 0. The Morgan fingerprint density at radius 2 is 2.33 bits per heavy atom. The van der Waals surface area contributed by atoms with Gasteiger partial charge in [-0.25, -0.2) is 4.98 Å². The van der Waals surface area contributed by atoms with Crippen LogP contribution in [0.1, 0.15) is 10.5 Å². The molecule has 2 heterocycles. The third kappa shape index (κ3) is 1.88. The quantitative estimate of drug-likeness (QED) is 0.715. The first kappa shape index (κ1) is 10.2. The summed E-state index contributed by atoms with van der Waals surface area (Å²) in [5, 5.41) is 9.30. The number of aromatic nitrogens is 1. The summed E-state index contributed by atoms with van der Waals surface area (Å²) in [5.74, 6) is -0.273. The number of nitrogen functional groups attached to an aromatic ring is 1. The molecule has 6 heteroatoms. The molecule has 3 N–H and O–H groups in total. The molecule has 0 saturated carbocycles. The fourth-order valence-electron chi connectivity index (χ4n) is 1.38. The van der Waals surface area contributed by atoms with Crippen LogP contribution in [0.15, 0.2) is 12.3 Å². The Kier molecular flexibility index (Phi) is 2.50. The Morgan fingerprint density at radius 3 is 2.87 bits per heavy atom. The molecule has 80 valence electrons. The number of carbonyl (C=O) groups is 1. The molecule has 0 unspecified atom stereocenters. The van der Waals surface area contributed by atoms with E-state index in [9.17, 15) is 4.79 Å². The van der Waals surface area contributed by atoms with Gasteiger partial charge in [-0.15, -0.1) is 0 Å². The van der Waals surface area contributed by atoms with E-state index in [0.29, 0.717) is 18.8 Å². The van der Waals surface area contributed by atoms with E-state index in [0.717, 1.165) is 0 Å². The monoisotopic (exact) mass is 227 g/mol. The lowest BCUT2D eigenvalue weighted by atomic mass is 10.1. The third-order valence-electron chi connectivity index (χ3n) is 2.21. The van der Waals surface area contributed by atoms with Crippen molar-refractivity contribution in [2.75, 3.05) is 18.8 Å². The molecule has 1 aromatic heterocycles. The highest BCUT2D eigenvalue weighted by molar-refractivity contribution is 6.33. The standard InChI is InChI=1S/C9H10ClN3O2/c10-7-1-5(11)2-12-8(7)9(15)13-3-6(14)4-13/h1-2,6,14H,3-4,11H2. The first-order chi connectivity index (χ1) is 7.08. The number of rotatable bonds is 1. The van der Waals surface area contributed by atoms with Crippen LogP contribution in [-0.4, -0.2) is 40.1 Å². The van der Waals surface area contributed by atoms with Crippen LogP contribution < -0.4 is 5.73 Å². The van der Waals surface area contributed by atoms with Gasteiger partial charge in [-0.1, -0.05) is 11.6 Å². The second-order valence-electron chi connectivity index (χ2n) is 3.46. The Hall–Kier alpha value is -1.33. The number of β-amino-alcohol motifs (C(OH)–C–C–N with tert-alkyl or cyclic N) is 1. The SMILES string of the molecule is Nc1cnc(C(=O)N2CC(O)C2)c(Cl)c1. The minimum Gasteiger partial charge on any atom is -0.397 e. The van der Waals surface area contributed by atoms with Gasteiger partial charge in [0.2, 0.25) is 0 Å². The summed E-state index contributed by atoms with van der Waals surface area (Å²) >= 11 is 5.83. The van der Waals surface area contributed by atoms with Crippen LogP contribution in [0.5, 0.6) is 0 Å². The van der Waals surface area contributed by atoms with Crippen molar-refractivity contribution in [2.45, 2.75) is 6.10 Å². The number of anilines is 1. The average molecular weight is 228 g/mol. The molecule has 0 aromatic carbocycles. The smallest absolute Gasteiger partial charge is 0.274 e. The molecule has 15 heavy (non-hydrogen) atoms. The van der Waals surface area contributed by atoms with E-state index >= 15 is 0 Å². The molecule has 1 aromatic rings. The van der Waals surface area contributed by atoms with Crippen molar-refractivity contribution >= 4 is 23.2 Å². The highest BCUT2D eigenvalue weighted by atomic mass is 35.5. The minimum absolute atomic E-state index is 0.178. The van der Waals surface area contributed by atoms with Gasteiger partial charge < -0.3 is 15.7 Å². The molecule has 0 bridgehead atoms. The van der Waals surface area contributed by atoms with Crippen LogP contribution in [-0.2, 0) is 0 Å². The van der Waals surface area contributed by atoms with Gasteiger partial charge in [0.15, 0.2) is 0 Å².